The van der Waals surface area contributed by atoms with Gasteiger partial charge in [0.2, 0.25) is 17.7 Å². The molecule has 17 heteroatoms. The fraction of sp³-hybridized carbons (Fsp3) is 0.556. The van der Waals surface area contributed by atoms with Crippen LogP contribution in [0.3, 0.4) is 0 Å². The Bertz CT molecular complexity index is 1510. The number of carbonyl (C=O) groups excluding carboxylic acids is 2. The third-order valence-corrected chi connectivity index (χ3v) is 7.75. The van der Waals surface area contributed by atoms with E-state index in [2.05, 4.69) is 30.7 Å². The van der Waals surface area contributed by atoms with E-state index < -0.39 is 85.3 Å². The Balaban J connectivity index is 1.41. The van der Waals surface area contributed by atoms with Crippen molar-refractivity contribution in [2.24, 2.45) is 11.8 Å². The van der Waals surface area contributed by atoms with Crippen LogP contribution in [0.2, 0.25) is 0 Å². The quantitative estimate of drug-likeness (QED) is 0.291. The summed E-state index contributed by atoms with van der Waals surface area (Å²) in [6, 6.07) is 0.565. The lowest BCUT2D eigenvalue weighted by molar-refractivity contribution is -0.144. The molecule has 3 aromatic heterocycles. The average Bonchev–Trinajstić information content (AvgIpc) is 3.70. The van der Waals surface area contributed by atoms with Crippen molar-refractivity contribution < 1.29 is 44.7 Å². The number of alkyl halides is 8. The van der Waals surface area contributed by atoms with E-state index in [0.717, 1.165) is 19.0 Å². The van der Waals surface area contributed by atoms with Crippen LogP contribution in [-0.2, 0) is 11.0 Å². The smallest absolute Gasteiger partial charge is 0.349 e. The van der Waals surface area contributed by atoms with E-state index in [1.54, 1.807) is 6.07 Å². The van der Waals surface area contributed by atoms with E-state index in [-0.39, 0.29) is 30.1 Å². The highest BCUT2D eigenvalue weighted by molar-refractivity contribution is 5.90. The third kappa shape index (κ3) is 7.77. The van der Waals surface area contributed by atoms with Gasteiger partial charge in [-0.3, -0.25) is 9.59 Å². The van der Waals surface area contributed by atoms with Gasteiger partial charge in [0.15, 0.2) is 5.65 Å². The predicted octanol–water partition coefficient (Wildman–Crippen LogP) is 5.74. The Morgan fingerprint density at radius 2 is 1.66 bits per heavy atom. The van der Waals surface area contributed by atoms with E-state index >= 15 is 0 Å². The molecule has 2 atom stereocenters. The first kappa shape index (κ1) is 31.5. The number of fused-ring (bicyclic) bond motifs is 1. The molecule has 2 fully saturated rings. The fourth-order valence-electron chi connectivity index (χ4n) is 5.29. The number of rotatable bonds is 9. The fourth-order valence-corrected chi connectivity index (χ4v) is 5.29. The molecular weight excluding hydrogens is 606 g/mol. The first-order valence-corrected chi connectivity index (χ1v) is 13.9. The summed E-state index contributed by atoms with van der Waals surface area (Å²) in [5.74, 6) is -6.04. The summed E-state index contributed by atoms with van der Waals surface area (Å²) in [6.45, 7) is 0. The number of hydrogen-bond acceptors (Lipinski definition) is 6. The highest BCUT2D eigenvalue weighted by atomic mass is 19.4. The van der Waals surface area contributed by atoms with Crippen LogP contribution in [0.15, 0.2) is 30.7 Å². The standard InChI is InChI=1S/C27H27F8N7O2/c28-25(29)7-3-15(4-8-25)22(41-24(44)23-36-10-6-18(39-23)27(33,34)35)17-13-42-19(38-17)11-16(12-37-42)21(14-1-2-14)40-20(43)5-9-26(30,31)32/h6,10-15,21-22H,1-5,7-9H2,(H,40,43)(H,41,44)/t21?,22-/m0/s1. The van der Waals surface area contributed by atoms with Gasteiger partial charge in [0.1, 0.15) is 5.69 Å². The summed E-state index contributed by atoms with van der Waals surface area (Å²) < 4.78 is 106. The van der Waals surface area contributed by atoms with Crippen LogP contribution in [0.5, 0.6) is 0 Å². The van der Waals surface area contributed by atoms with Crippen LogP contribution in [0.1, 0.15) is 91.0 Å². The van der Waals surface area contributed by atoms with Crippen molar-refractivity contribution in [2.75, 3.05) is 0 Å². The molecule has 0 saturated heterocycles. The van der Waals surface area contributed by atoms with E-state index in [0.29, 0.717) is 11.6 Å². The Labute approximate surface area is 244 Å². The molecule has 0 aliphatic heterocycles. The monoisotopic (exact) mass is 633 g/mol. The second-order valence-electron chi connectivity index (χ2n) is 11.2. The minimum Gasteiger partial charge on any atom is -0.349 e. The molecule has 3 heterocycles. The van der Waals surface area contributed by atoms with Crippen LogP contribution >= 0.6 is 0 Å². The summed E-state index contributed by atoms with van der Waals surface area (Å²) in [4.78, 5) is 36.7. The van der Waals surface area contributed by atoms with Crippen molar-refractivity contribution in [3.8, 4) is 0 Å². The number of nitrogens with zero attached hydrogens (tertiary/aromatic N) is 5. The van der Waals surface area contributed by atoms with E-state index in [1.807, 2.05) is 0 Å². The second kappa shape index (κ2) is 11.9. The Morgan fingerprint density at radius 1 is 0.977 bits per heavy atom. The maximum Gasteiger partial charge on any atom is 0.433 e. The minimum atomic E-state index is -4.83. The molecule has 5 rings (SSSR count). The number of aromatic nitrogens is 5. The van der Waals surface area contributed by atoms with Gasteiger partial charge in [0.05, 0.1) is 36.6 Å². The van der Waals surface area contributed by atoms with Gasteiger partial charge in [-0.05, 0) is 55.2 Å². The van der Waals surface area contributed by atoms with Crippen LogP contribution in [0.25, 0.3) is 5.65 Å². The zero-order valence-corrected chi connectivity index (χ0v) is 22.9. The van der Waals surface area contributed by atoms with Gasteiger partial charge < -0.3 is 10.6 Å². The molecule has 0 aromatic carbocycles. The molecule has 0 radical (unpaired) electrons. The maximum atomic E-state index is 14.0. The van der Waals surface area contributed by atoms with Crippen LogP contribution in [0.4, 0.5) is 35.1 Å². The first-order chi connectivity index (χ1) is 20.6. The van der Waals surface area contributed by atoms with Crippen molar-refractivity contribution in [3.63, 3.8) is 0 Å². The highest BCUT2D eigenvalue weighted by Gasteiger charge is 2.40. The van der Waals surface area contributed by atoms with Crippen LogP contribution in [0, 0.1) is 11.8 Å². The molecule has 2 amide bonds. The number of amides is 2. The lowest BCUT2D eigenvalue weighted by Gasteiger charge is -2.33. The Hall–Kier alpha value is -3.92. The Kier molecular flexibility index (Phi) is 8.50. The lowest BCUT2D eigenvalue weighted by atomic mass is 9.81. The summed E-state index contributed by atoms with van der Waals surface area (Å²) >= 11 is 0. The molecule has 3 aromatic rings. The zero-order chi connectivity index (χ0) is 31.9. The topological polar surface area (TPSA) is 114 Å². The van der Waals surface area contributed by atoms with Gasteiger partial charge in [-0.25, -0.2) is 28.2 Å². The molecule has 44 heavy (non-hydrogen) atoms. The lowest BCUT2D eigenvalue weighted by Crippen LogP contribution is -2.38. The maximum absolute atomic E-state index is 14.0. The molecule has 2 aliphatic carbocycles. The minimum absolute atomic E-state index is 0.00748. The van der Waals surface area contributed by atoms with Crippen molar-refractivity contribution in [3.05, 3.63) is 53.5 Å². The number of nitrogens with one attached hydrogen (secondary N) is 2. The van der Waals surface area contributed by atoms with Crippen molar-refractivity contribution in [1.29, 1.82) is 0 Å². The Morgan fingerprint density at radius 3 is 2.30 bits per heavy atom. The molecule has 2 N–H and O–H groups in total. The van der Waals surface area contributed by atoms with E-state index in [4.69, 9.17) is 0 Å². The molecular formula is C27H27F8N7O2. The summed E-state index contributed by atoms with van der Waals surface area (Å²) in [7, 11) is 0. The summed E-state index contributed by atoms with van der Waals surface area (Å²) in [6.07, 6.45) is -7.10. The van der Waals surface area contributed by atoms with Gasteiger partial charge in [-0.15, -0.1) is 0 Å². The normalized spacial score (nSPS) is 19.0. The number of halogens is 8. The van der Waals surface area contributed by atoms with Gasteiger partial charge in [0.25, 0.3) is 5.91 Å². The zero-order valence-electron chi connectivity index (χ0n) is 22.9. The molecule has 2 aliphatic rings. The number of hydrogen-bond donors (Lipinski definition) is 2. The van der Waals surface area contributed by atoms with Crippen LogP contribution < -0.4 is 10.6 Å². The highest BCUT2D eigenvalue weighted by Crippen LogP contribution is 2.43. The largest absolute Gasteiger partial charge is 0.433 e. The van der Waals surface area contributed by atoms with Gasteiger partial charge in [-0.2, -0.15) is 31.4 Å². The van der Waals surface area contributed by atoms with Crippen molar-refractivity contribution >= 4 is 17.5 Å². The molecule has 2 saturated carbocycles. The molecule has 9 nitrogen and oxygen atoms in total. The van der Waals surface area contributed by atoms with Gasteiger partial charge >= 0.3 is 12.4 Å². The van der Waals surface area contributed by atoms with E-state index in [9.17, 15) is 44.7 Å². The van der Waals surface area contributed by atoms with Gasteiger partial charge in [-0.1, -0.05) is 0 Å². The molecule has 1 unspecified atom stereocenters. The molecule has 0 bridgehead atoms. The summed E-state index contributed by atoms with van der Waals surface area (Å²) in [5, 5.41) is 9.51. The molecule has 0 spiro atoms. The van der Waals surface area contributed by atoms with Gasteiger partial charge in [0, 0.05) is 25.5 Å². The van der Waals surface area contributed by atoms with Crippen molar-refractivity contribution in [1.82, 2.24) is 35.2 Å². The SMILES string of the molecule is O=C(CCC(F)(F)F)NC(c1cnn2cc([C@@H](NC(=O)c3nccc(C(F)(F)F)n3)C3CCC(F)(F)CC3)nc2c1)C1CC1. The van der Waals surface area contributed by atoms with E-state index in [1.165, 1.54) is 16.9 Å². The number of carbonyl (C=O) groups is 2. The van der Waals surface area contributed by atoms with Crippen LogP contribution in [-0.4, -0.2) is 48.5 Å². The van der Waals surface area contributed by atoms with Crippen molar-refractivity contribution in [2.45, 2.75) is 81.7 Å². The third-order valence-electron chi connectivity index (χ3n) is 7.75. The first-order valence-electron chi connectivity index (χ1n) is 13.9. The molecule has 238 valence electrons. The predicted molar refractivity (Wildman–Crippen MR) is 136 cm³/mol. The second-order valence-corrected chi connectivity index (χ2v) is 11.2. The number of imidazole rings is 1. The summed E-state index contributed by atoms with van der Waals surface area (Å²) in [5.41, 5.74) is -0.398. The average molecular weight is 634 g/mol.